The Morgan fingerprint density at radius 1 is 1.30 bits per heavy atom. The fourth-order valence-corrected chi connectivity index (χ4v) is 3.55. The maximum absolute atomic E-state index is 11.3. The predicted octanol–water partition coefficient (Wildman–Crippen LogP) is 3.81. The summed E-state index contributed by atoms with van der Waals surface area (Å²) in [7, 11) is 0. The Balaban J connectivity index is 1.82. The Morgan fingerprint density at radius 3 is 2.39 bits per heavy atom. The minimum Gasteiger partial charge on any atom is -0.459 e. The van der Waals surface area contributed by atoms with Gasteiger partial charge in [0.05, 0.1) is 0 Å². The van der Waals surface area contributed by atoms with E-state index >= 15 is 0 Å². The van der Waals surface area contributed by atoms with E-state index < -0.39 is 0 Å². The molecule has 1 fully saturated rings. The molecular formula is C19H28N2O2. The van der Waals surface area contributed by atoms with Gasteiger partial charge in [0, 0.05) is 12.5 Å². The number of ether oxygens (including phenoxy) is 1. The fraction of sp³-hybridized carbons (Fsp3) is 0.579. The summed E-state index contributed by atoms with van der Waals surface area (Å²) >= 11 is 0. The second kappa shape index (κ2) is 7.62. The van der Waals surface area contributed by atoms with E-state index in [1.54, 1.807) is 0 Å². The molecule has 3 N–H and O–H groups in total. The zero-order chi connectivity index (χ0) is 16.9. The van der Waals surface area contributed by atoms with Crippen LogP contribution in [0.5, 0.6) is 0 Å². The molecule has 4 nitrogen and oxygen atoms in total. The highest BCUT2D eigenvalue weighted by molar-refractivity contribution is 5.94. The largest absolute Gasteiger partial charge is 0.459 e. The van der Waals surface area contributed by atoms with Gasteiger partial charge in [0.25, 0.3) is 0 Å². The van der Waals surface area contributed by atoms with Gasteiger partial charge >= 0.3 is 5.97 Å². The van der Waals surface area contributed by atoms with E-state index in [1.165, 1.54) is 18.9 Å². The van der Waals surface area contributed by atoms with Crippen molar-refractivity contribution in [1.82, 2.24) is 0 Å². The van der Waals surface area contributed by atoms with Crippen molar-refractivity contribution in [2.45, 2.75) is 64.4 Å². The lowest BCUT2D eigenvalue weighted by atomic mass is 9.75. The number of hydrogen-bond donors (Lipinski definition) is 2. The fourth-order valence-electron chi connectivity index (χ4n) is 3.55. The van der Waals surface area contributed by atoms with Gasteiger partial charge in [-0.05, 0) is 56.4 Å². The number of hydrogen-bond acceptors (Lipinski definition) is 3. The number of nitrogens with two attached hydrogens (primary N) is 1. The lowest BCUT2D eigenvalue weighted by molar-refractivity contribution is -0.162. The van der Waals surface area contributed by atoms with E-state index in [0.29, 0.717) is 5.92 Å². The van der Waals surface area contributed by atoms with Crippen LogP contribution in [0.15, 0.2) is 24.3 Å². The van der Waals surface area contributed by atoms with Crippen molar-refractivity contribution >= 4 is 11.8 Å². The summed E-state index contributed by atoms with van der Waals surface area (Å²) in [5, 5.41) is 7.41. The van der Waals surface area contributed by atoms with E-state index in [1.807, 2.05) is 12.1 Å². The number of nitrogens with one attached hydrogen (secondary N) is 1. The molecule has 0 amide bonds. The van der Waals surface area contributed by atoms with Crippen LogP contribution in [0.2, 0.25) is 0 Å². The number of amidine groups is 1. The van der Waals surface area contributed by atoms with Crippen LogP contribution in [-0.4, -0.2) is 17.4 Å². The third-order valence-corrected chi connectivity index (χ3v) is 5.13. The maximum atomic E-state index is 11.3. The van der Waals surface area contributed by atoms with Gasteiger partial charge in [-0.15, -0.1) is 0 Å². The minimum absolute atomic E-state index is 0.116. The molecule has 0 radical (unpaired) electrons. The van der Waals surface area contributed by atoms with Crippen LogP contribution in [0, 0.1) is 11.3 Å². The quantitative estimate of drug-likeness (QED) is 0.476. The molecule has 2 rings (SSSR count). The van der Waals surface area contributed by atoms with Crippen molar-refractivity contribution in [1.29, 1.82) is 5.41 Å². The number of rotatable bonds is 6. The highest BCUT2D eigenvalue weighted by Crippen LogP contribution is 2.39. The van der Waals surface area contributed by atoms with E-state index in [9.17, 15) is 4.79 Å². The maximum Gasteiger partial charge on any atom is 0.303 e. The second-order valence-electron chi connectivity index (χ2n) is 6.72. The zero-order valence-corrected chi connectivity index (χ0v) is 14.2. The van der Waals surface area contributed by atoms with Crippen molar-refractivity contribution in [2.24, 2.45) is 11.7 Å². The summed E-state index contributed by atoms with van der Waals surface area (Å²) in [6.07, 6.45) is 7.36. The van der Waals surface area contributed by atoms with Crippen LogP contribution in [-0.2, 0) is 16.0 Å². The summed E-state index contributed by atoms with van der Waals surface area (Å²) < 4.78 is 5.60. The molecule has 1 aliphatic carbocycles. The van der Waals surface area contributed by atoms with Crippen molar-refractivity contribution in [2.75, 3.05) is 0 Å². The highest BCUT2D eigenvalue weighted by Gasteiger charge is 2.36. The topological polar surface area (TPSA) is 76.2 Å². The smallest absolute Gasteiger partial charge is 0.303 e. The van der Waals surface area contributed by atoms with Gasteiger partial charge in [-0.25, -0.2) is 0 Å². The molecule has 0 spiro atoms. The number of nitrogen functional groups attached to an aromatic ring is 1. The summed E-state index contributed by atoms with van der Waals surface area (Å²) in [4.78, 5) is 11.3. The van der Waals surface area contributed by atoms with Crippen molar-refractivity contribution in [3.8, 4) is 0 Å². The molecule has 0 aliphatic heterocycles. The molecule has 0 saturated heterocycles. The first-order valence-electron chi connectivity index (χ1n) is 8.57. The van der Waals surface area contributed by atoms with Crippen LogP contribution in [0.25, 0.3) is 0 Å². The molecule has 0 atom stereocenters. The van der Waals surface area contributed by atoms with Gasteiger partial charge in [0.2, 0.25) is 0 Å². The molecule has 1 aliphatic rings. The van der Waals surface area contributed by atoms with Crippen LogP contribution in [0.1, 0.15) is 63.5 Å². The SMILES string of the molecule is CCC1(OC(C)=O)CCC(CCc2ccc(C(=N)N)cc2)CC1. The minimum atomic E-state index is -0.217. The summed E-state index contributed by atoms with van der Waals surface area (Å²) in [5.41, 5.74) is 7.33. The number of benzene rings is 1. The van der Waals surface area contributed by atoms with Crippen LogP contribution in [0.3, 0.4) is 0 Å². The molecule has 4 heteroatoms. The molecule has 1 aromatic rings. The average Bonchev–Trinajstić information content (AvgIpc) is 2.54. The first-order chi connectivity index (χ1) is 10.9. The molecular weight excluding hydrogens is 288 g/mol. The standard InChI is InChI=1S/C19H28N2O2/c1-3-19(23-14(2)22)12-10-16(11-13-19)5-4-15-6-8-17(9-7-15)18(20)21/h6-9,16H,3-5,10-13H2,1-2H3,(H3,20,21). The summed E-state index contributed by atoms with van der Waals surface area (Å²) in [6, 6.07) is 7.96. The van der Waals surface area contributed by atoms with Gasteiger partial charge < -0.3 is 10.5 Å². The molecule has 126 valence electrons. The predicted molar refractivity (Wildman–Crippen MR) is 92.5 cm³/mol. The zero-order valence-electron chi connectivity index (χ0n) is 14.2. The normalized spacial score (nSPS) is 24.2. The number of aryl methyl sites for hydroxylation is 1. The molecule has 23 heavy (non-hydrogen) atoms. The first-order valence-corrected chi connectivity index (χ1v) is 8.57. The molecule has 1 aromatic carbocycles. The second-order valence-corrected chi connectivity index (χ2v) is 6.72. The van der Waals surface area contributed by atoms with Gasteiger partial charge in [0.1, 0.15) is 11.4 Å². The first kappa shape index (κ1) is 17.5. The third-order valence-electron chi connectivity index (χ3n) is 5.13. The molecule has 0 unspecified atom stereocenters. The lowest BCUT2D eigenvalue weighted by Crippen LogP contribution is -2.38. The van der Waals surface area contributed by atoms with E-state index in [4.69, 9.17) is 15.9 Å². The van der Waals surface area contributed by atoms with Crippen molar-refractivity contribution in [3.05, 3.63) is 35.4 Å². The summed E-state index contributed by atoms with van der Waals surface area (Å²) in [6.45, 7) is 3.62. The average molecular weight is 316 g/mol. The van der Waals surface area contributed by atoms with E-state index in [2.05, 4.69) is 19.1 Å². The molecule has 0 bridgehead atoms. The van der Waals surface area contributed by atoms with Crippen LogP contribution < -0.4 is 5.73 Å². The van der Waals surface area contributed by atoms with Gasteiger partial charge in [-0.3, -0.25) is 10.2 Å². The van der Waals surface area contributed by atoms with E-state index in [0.717, 1.165) is 44.1 Å². The molecule has 1 saturated carbocycles. The van der Waals surface area contributed by atoms with Gasteiger partial charge in [0.15, 0.2) is 0 Å². The van der Waals surface area contributed by atoms with Gasteiger partial charge in [-0.1, -0.05) is 31.2 Å². The molecule has 0 aromatic heterocycles. The van der Waals surface area contributed by atoms with Crippen LogP contribution >= 0.6 is 0 Å². The Labute approximate surface area is 138 Å². The highest BCUT2D eigenvalue weighted by atomic mass is 16.6. The monoisotopic (exact) mass is 316 g/mol. The van der Waals surface area contributed by atoms with E-state index in [-0.39, 0.29) is 17.4 Å². The van der Waals surface area contributed by atoms with Crippen molar-refractivity contribution in [3.63, 3.8) is 0 Å². The summed E-state index contributed by atoms with van der Waals surface area (Å²) in [5.74, 6) is 0.666. The number of carbonyl (C=O) groups excluding carboxylic acids is 1. The third kappa shape index (κ3) is 4.81. The number of carbonyl (C=O) groups is 1. The van der Waals surface area contributed by atoms with Crippen LogP contribution in [0.4, 0.5) is 0 Å². The Kier molecular flexibility index (Phi) is 5.80. The van der Waals surface area contributed by atoms with Gasteiger partial charge in [-0.2, -0.15) is 0 Å². The van der Waals surface area contributed by atoms with Crippen molar-refractivity contribution < 1.29 is 9.53 Å². The molecule has 0 heterocycles. The Bertz CT molecular complexity index is 543. The Morgan fingerprint density at radius 2 is 1.91 bits per heavy atom. The number of esters is 1. The Hall–Kier alpha value is -1.84. The lowest BCUT2D eigenvalue weighted by Gasteiger charge is -2.39.